The Labute approximate surface area is 351 Å². The van der Waals surface area contributed by atoms with Crippen molar-refractivity contribution in [3.8, 4) is 0 Å². The molecule has 1 unspecified atom stereocenters. The van der Waals surface area contributed by atoms with Crippen LogP contribution in [0.5, 0.6) is 0 Å². The van der Waals surface area contributed by atoms with Gasteiger partial charge in [-0.1, -0.05) is 164 Å². The number of likely N-dealkylation sites (N-methyl/N-ethyl adjacent to an activating group) is 1. The zero-order valence-corrected chi connectivity index (χ0v) is 38.4. The molecule has 0 fully saturated rings. The largest absolute Gasteiger partial charge is 0.756 e. The van der Waals surface area contributed by atoms with Crippen LogP contribution in [0.2, 0.25) is 0 Å². The summed E-state index contributed by atoms with van der Waals surface area (Å²) < 4.78 is 23.2. The quantitative estimate of drug-likeness (QED) is 0.0275. The Morgan fingerprint density at radius 1 is 0.614 bits per heavy atom. The van der Waals surface area contributed by atoms with Gasteiger partial charge in [0, 0.05) is 6.42 Å². The number of nitrogens with one attached hydrogen (secondary N) is 1. The van der Waals surface area contributed by atoms with Crippen LogP contribution in [0.4, 0.5) is 0 Å². The topological polar surface area (TPSA) is 108 Å². The molecule has 0 spiro atoms. The van der Waals surface area contributed by atoms with Gasteiger partial charge in [-0.05, 0) is 77.0 Å². The average Bonchev–Trinajstić information content (AvgIpc) is 3.16. The molecular formula is C48H89N2O6P. The highest BCUT2D eigenvalue weighted by Crippen LogP contribution is 2.38. The monoisotopic (exact) mass is 821 g/mol. The number of nitrogens with zero attached hydrogens (tertiary/aromatic N) is 1. The molecule has 0 aliphatic carbocycles. The Morgan fingerprint density at radius 2 is 1.02 bits per heavy atom. The molecule has 0 heterocycles. The molecule has 1 amide bonds. The van der Waals surface area contributed by atoms with Gasteiger partial charge in [0.15, 0.2) is 0 Å². The number of allylic oxidation sites excluding steroid dienone is 10. The first kappa shape index (κ1) is 55.2. The second-order valence-electron chi connectivity index (χ2n) is 16.7. The number of phosphoric acid groups is 1. The summed E-state index contributed by atoms with van der Waals surface area (Å²) in [7, 11) is 1.24. The van der Waals surface area contributed by atoms with Crippen LogP contribution in [-0.4, -0.2) is 68.5 Å². The van der Waals surface area contributed by atoms with E-state index in [9.17, 15) is 19.4 Å². The number of carbonyl (C=O) groups is 1. The summed E-state index contributed by atoms with van der Waals surface area (Å²) in [4.78, 5) is 25.3. The summed E-state index contributed by atoms with van der Waals surface area (Å²) in [6.45, 7) is 4.63. The molecule has 0 saturated heterocycles. The van der Waals surface area contributed by atoms with E-state index in [1.807, 2.05) is 21.1 Å². The lowest BCUT2D eigenvalue weighted by atomic mass is 10.0. The first-order chi connectivity index (χ1) is 27.5. The molecule has 0 aliphatic heterocycles. The minimum absolute atomic E-state index is 0.00588. The molecule has 2 N–H and O–H groups in total. The average molecular weight is 821 g/mol. The molecule has 9 heteroatoms. The SMILES string of the molecule is CCCCCCCCC/C=C/C/C=C/C/C=C/C/C=C/CCCC(=O)N[C@@H](COP(=O)([O-])OCC[N+](C)(C)C)[C@H](O)CCCC/C=C/CCCCCCCCCC. The van der Waals surface area contributed by atoms with Crippen LogP contribution in [0.3, 0.4) is 0 Å². The van der Waals surface area contributed by atoms with E-state index in [1.165, 1.54) is 103 Å². The third-order valence-electron chi connectivity index (χ3n) is 9.98. The van der Waals surface area contributed by atoms with Gasteiger partial charge >= 0.3 is 0 Å². The van der Waals surface area contributed by atoms with Crippen LogP contribution < -0.4 is 10.2 Å². The molecule has 0 bridgehead atoms. The maximum atomic E-state index is 12.9. The number of hydrogen-bond acceptors (Lipinski definition) is 6. The zero-order valence-electron chi connectivity index (χ0n) is 37.5. The van der Waals surface area contributed by atoms with Crippen molar-refractivity contribution in [2.75, 3.05) is 40.9 Å². The molecule has 0 aromatic carbocycles. The Hall–Kier alpha value is -1.80. The van der Waals surface area contributed by atoms with Gasteiger partial charge in [0.05, 0.1) is 39.9 Å². The Balaban J connectivity index is 4.48. The first-order valence-electron chi connectivity index (χ1n) is 23.1. The van der Waals surface area contributed by atoms with Gasteiger partial charge in [-0.15, -0.1) is 0 Å². The number of aliphatic hydroxyl groups is 1. The van der Waals surface area contributed by atoms with E-state index in [-0.39, 0.29) is 25.5 Å². The standard InChI is InChI=1S/C48H89N2O6P/c1-6-8-10-12-14-16-18-20-22-23-24-25-26-27-28-30-32-34-36-38-40-42-48(52)49-46(45-56-57(53,54)55-44-43-50(3,4)5)47(51)41-39-37-35-33-31-29-21-19-17-15-13-11-9-7-2/h22-23,25-26,28,30-31,33-34,36,46-47,51H,6-21,24,27,29,32,35,37-45H2,1-5H3,(H-,49,52,53,54)/b23-22+,26-25+,30-28+,33-31+,36-34+/t46-,47+/m0/s1. The number of rotatable bonds is 41. The first-order valence-corrected chi connectivity index (χ1v) is 24.6. The maximum Gasteiger partial charge on any atom is 0.268 e. The van der Waals surface area contributed by atoms with E-state index in [2.05, 4.69) is 79.9 Å². The number of unbranched alkanes of at least 4 members (excludes halogenated alkanes) is 18. The molecule has 57 heavy (non-hydrogen) atoms. The van der Waals surface area contributed by atoms with Crippen LogP contribution in [0.15, 0.2) is 60.8 Å². The van der Waals surface area contributed by atoms with Crippen molar-refractivity contribution in [2.45, 2.75) is 199 Å². The summed E-state index contributed by atoms with van der Waals surface area (Å²) >= 11 is 0. The second-order valence-corrected chi connectivity index (χ2v) is 18.2. The van der Waals surface area contributed by atoms with Gasteiger partial charge in [-0.25, -0.2) is 0 Å². The molecule has 8 nitrogen and oxygen atoms in total. The molecule has 0 saturated carbocycles. The van der Waals surface area contributed by atoms with Gasteiger partial charge in [-0.3, -0.25) is 9.36 Å². The molecule has 0 aliphatic rings. The van der Waals surface area contributed by atoms with Gasteiger partial charge in [-0.2, -0.15) is 0 Å². The van der Waals surface area contributed by atoms with Crippen LogP contribution in [-0.2, 0) is 18.4 Å². The number of hydrogen-bond donors (Lipinski definition) is 2. The molecule has 3 atom stereocenters. The fourth-order valence-electron chi connectivity index (χ4n) is 6.26. The van der Waals surface area contributed by atoms with E-state index in [1.54, 1.807) is 0 Å². The predicted octanol–water partition coefficient (Wildman–Crippen LogP) is 12.4. The molecule has 332 valence electrons. The summed E-state index contributed by atoms with van der Waals surface area (Å²) in [5.74, 6) is -0.231. The summed E-state index contributed by atoms with van der Waals surface area (Å²) in [6, 6.07) is -0.847. The Bertz CT molecular complexity index is 1110. The minimum atomic E-state index is -4.59. The van der Waals surface area contributed by atoms with E-state index in [0.29, 0.717) is 23.9 Å². The fraction of sp³-hybridized carbons (Fsp3) is 0.771. The molecule has 0 aromatic heterocycles. The lowest BCUT2D eigenvalue weighted by molar-refractivity contribution is -0.870. The van der Waals surface area contributed by atoms with Crippen molar-refractivity contribution in [3.63, 3.8) is 0 Å². The van der Waals surface area contributed by atoms with Gasteiger partial charge in [0.1, 0.15) is 13.2 Å². The van der Waals surface area contributed by atoms with E-state index >= 15 is 0 Å². The molecule has 0 rings (SSSR count). The smallest absolute Gasteiger partial charge is 0.268 e. The van der Waals surface area contributed by atoms with Gasteiger partial charge in [0.25, 0.3) is 7.82 Å². The number of quaternary nitrogens is 1. The number of amides is 1. The van der Waals surface area contributed by atoms with E-state index in [0.717, 1.165) is 51.4 Å². The van der Waals surface area contributed by atoms with Crippen molar-refractivity contribution < 1.29 is 32.9 Å². The van der Waals surface area contributed by atoms with Crippen molar-refractivity contribution in [1.29, 1.82) is 0 Å². The van der Waals surface area contributed by atoms with Crippen molar-refractivity contribution >= 4 is 13.7 Å². The van der Waals surface area contributed by atoms with E-state index < -0.39 is 20.0 Å². The molecule has 0 aromatic rings. The van der Waals surface area contributed by atoms with E-state index in [4.69, 9.17) is 9.05 Å². The summed E-state index contributed by atoms with van der Waals surface area (Å²) in [5, 5.41) is 13.8. The van der Waals surface area contributed by atoms with Crippen molar-refractivity contribution in [3.05, 3.63) is 60.8 Å². The highest BCUT2D eigenvalue weighted by atomic mass is 31.2. The number of aliphatic hydroxyl groups excluding tert-OH is 1. The number of carbonyl (C=O) groups excluding carboxylic acids is 1. The fourth-order valence-corrected chi connectivity index (χ4v) is 6.98. The van der Waals surface area contributed by atoms with Crippen LogP contribution in [0.25, 0.3) is 0 Å². The maximum absolute atomic E-state index is 12.9. The number of phosphoric ester groups is 1. The highest BCUT2D eigenvalue weighted by molar-refractivity contribution is 7.45. The summed E-state index contributed by atoms with van der Waals surface area (Å²) in [6.07, 6.45) is 51.0. The third-order valence-corrected chi connectivity index (χ3v) is 10.9. The summed E-state index contributed by atoms with van der Waals surface area (Å²) in [5.41, 5.74) is 0. The Morgan fingerprint density at radius 3 is 1.49 bits per heavy atom. The van der Waals surface area contributed by atoms with Crippen LogP contribution in [0.1, 0.15) is 187 Å². The lowest BCUT2D eigenvalue weighted by Crippen LogP contribution is -2.46. The van der Waals surface area contributed by atoms with Crippen LogP contribution >= 0.6 is 7.82 Å². The lowest BCUT2D eigenvalue weighted by Gasteiger charge is -2.30. The zero-order chi connectivity index (χ0) is 42.1. The Kier molecular flexibility index (Phi) is 38.4. The predicted molar refractivity (Wildman–Crippen MR) is 242 cm³/mol. The minimum Gasteiger partial charge on any atom is -0.756 e. The second kappa shape index (κ2) is 39.6. The highest BCUT2D eigenvalue weighted by Gasteiger charge is 2.24. The molecular weight excluding hydrogens is 732 g/mol. The van der Waals surface area contributed by atoms with Gasteiger partial charge < -0.3 is 28.8 Å². The van der Waals surface area contributed by atoms with Gasteiger partial charge in [0.2, 0.25) is 5.91 Å². The normalized spacial score (nSPS) is 14.9. The van der Waals surface area contributed by atoms with Crippen LogP contribution in [0, 0.1) is 0 Å². The molecule has 0 radical (unpaired) electrons. The third kappa shape index (κ3) is 42.1. The van der Waals surface area contributed by atoms with Crippen molar-refractivity contribution in [2.24, 2.45) is 0 Å². The van der Waals surface area contributed by atoms with Crippen molar-refractivity contribution in [1.82, 2.24) is 5.32 Å².